The molecular weight excluding hydrogens is 326 g/mol. The van der Waals surface area contributed by atoms with Crippen molar-refractivity contribution in [3.63, 3.8) is 0 Å². The van der Waals surface area contributed by atoms with E-state index in [0.29, 0.717) is 5.95 Å². The summed E-state index contributed by atoms with van der Waals surface area (Å²) in [6.45, 7) is 2.17. The van der Waals surface area contributed by atoms with Crippen molar-refractivity contribution in [2.45, 2.75) is 31.8 Å². The third-order valence-electron chi connectivity index (χ3n) is 5.00. The van der Waals surface area contributed by atoms with Crippen LogP contribution in [0, 0.1) is 0 Å². The van der Waals surface area contributed by atoms with Crippen LogP contribution in [0.3, 0.4) is 0 Å². The van der Waals surface area contributed by atoms with Crippen LogP contribution in [0.15, 0.2) is 48.5 Å². The highest BCUT2D eigenvalue weighted by Gasteiger charge is 2.30. The maximum absolute atomic E-state index is 5.86. The Hall–Kier alpha value is -3.02. The topological polar surface area (TPSA) is 78.0 Å². The van der Waals surface area contributed by atoms with E-state index in [1.165, 1.54) is 11.1 Å². The zero-order chi connectivity index (χ0) is 18.1. The number of hydrogen-bond acceptors (Lipinski definition) is 5. The number of rotatable bonds is 4. The number of nitrogen functional groups attached to an aromatic ring is 1. The van der Waals surface area contributed by atoms with E-state index < -0.39 is 0 Å². The van der Waals surface area contributed by atoms with E-state index in [4.69, 9.17) is 10.5 Å². The van der Waals surface area contributed by atoms with Crippen molar-refractivity contribution in [3.05, 3.63) is 65.2 Å². The number of aromatic nitrogens is 3. The number of methoxy groups -OCH3 is 1. The van der Waals surface area contributed by atoms with Gasteiger partial charge >= 0.3 is 0 Å². The maximum atomic E-state index is 5.86. The molecule has 6 nitrogen and oxygen atoms in total. The van der Waals surface area contributed by atoms with Crippen LogP contribution in [-0.2, 0) is 6.42 Å². The second-order valence-corrected chi connectivity index (χ2v) is 6.55. The van der Waals surface area contributed by atoms with Crippen LogP contribution in [-0.4, -0.2) is 21.9 Å². The Labute approximate surface area is 153 Å². The molecule has 2 heterocycles. The third-order valence-corrected chi connectivity index (χ3v) is 5.00. The van der Waals surface area contributed by atoms with Crippen molar-refractivity contribution in [1.29, 1.82) is 0 Å². The van der Waals surface area contributed by atoms with E-state index in [2.05, 4.69) is 58.7 Å². The number of hydrogen-bond donors (Lipinski definition) is 2. The molecule has 3 aromatic rings. The van der Waals surface area contributed by atoms with Gasteiger partial charge in [0.25, 0.3) is 0 Å². The highest BCUT2D eigenvalue weighted by atomic mass is 16.5. The highest BCUT2D eigenvalue weighted by molar-refractivity contribution is 5.42. The van der Waals surface area contributed by atoms with Gasteiger partial charge in [0.1, 0.15) is 5.75 Å². The molecule has 0 spiro atoms. The van der Waals surface area contributed by atoms with Gasteiger partial charge in [0, 0.05) is 0 Å². The lowest BCUT2D eigenvalue weighted by molar-refractivity contribution is 0.411. The van der Waals surface area contributed by atoms with Gasteiger partial charge in [-0.15, -0.1) is 5.10 Å². The van der Waals surface area contributed by atoms with E-state index >= 15 is 0 Å². The van der Waals surface area contributed by atoms with Crippen LogP contribution in [0.5, 0.6) is 5.75 Å². The summed E-state index contributed by atoms with van der Waals surface area (Å²) in [5, 5.41) is 7.88. The predicted molar refractivity (Wildman–Crippen MR) is 102 cm³/mol. The number of fused-ring (bicyclic) bond motifs is 1. The van der Waals surface area contributed by atoms with Crippen LogP contribution in [0.1, 0.15) is 42.1 Å². The molecule has 2 aromatic carbocycles. The van der Waals surface area contributed by atoms with Crippen molar-refractivity contribution in [3.8, 4) is 5.75 Å². The lowest BCUT2D eigenvalue weighted by Crippen LogP contribution is -2.28. The number of aryl methyl sites for hydroxylation is 1. The Morgan fingerprint density at radius 1 is 1.12 bits per heavy atom. The zero-order valence-corrected chi connectivity index (χ0v) is 15.0. The second kappa shape index (κ2) is 6.71. The molecule has 26 heavy (non-hydrogen) atoms. The molecule has 0 saturated heterocycles. The van der Waals surface area contributed by atoms with Crippen molar-refractivity contribution >= 4 is 11.9 Å². The van der Waals surface area contributed by atoms with E-state index in [0.717, 1.165) is 24.2 Å². The SMILES string of the molecule is CCc1ccc([C@H]2C[C@@H](c3ccc(OC)cc3)n3nc(N)nc3N2)cc1. The van der Waals surface area contributed by atoms with Crippen molar-refractivity contribution in [1.82, 2.24) is 14.8 Å². The number of nitrogens with zero attached hydrogens (tertiary/aromatic N) is 3. The molecule has 2 atom stereocenters. The van der Waals surface area contributed by atoms with Gasteiger partial charge in [-0.25, -0.2) is 4.68 Å². The Morgan fingerprint density at radius 2 is 1.81 bits per heavy atom. The van der Waals surface area contributed by atoms with Crippen LogP contribution < -0.4 is 15.8 Å². The summed E-state index contributed by atoms with van der Waals surface area (Å²) >= 11 is 0. The van der Waals surface area contributed by atoms with Gasteiger partial charge in [-0.1, -0.05) is 43.3 Å². The fraction of sp³-hybridized carbons (Fsp3) is 0.300. The van der Waals surface area contributed by atoms with Gasteiger partial charge in [0.2, 0.25) is 11.9 Å². The molecule has 4 rings (SSSR count). The van der Waals surface area contributed by atoms with Crippen molar-refractivity contribution < 1.29 is 4.74 Å². The highest BCUT2D eigenvalue weighted by Crippen LogP contribution is 2.38. The number of nitrogens with two attached hydrogens (primary N) is 1. The molecule has 1 aromatic heterocycles. The van der Waals surface area contributed by atoms with E-state index in [9.17, 15) is 0 Å². The molecule has 1 aliphatic heterocycles. The average molecular weight is 349 g/mol. The standard InChI is InChI=1S/C20H23N5O/c1-3-13-4-6-14(7-5-13)17-12-18(15-8-10-16(26-2)11-9-15)25-20(22-17)23-19(21)24-25/h4-11,17-18H,3,12H2,1-2H3,(H3,21,22,23,24)/t17-,18+/m1/s1. The smallest absolute Gasteiger partial charge is 0.241 e. The minimum atomic E-state index is 0.0674. The van der Waals surface area contributed by atoms with Crippen molar-refractivity contribution in [2.24, 2.45) is 0 Å². The van der Waals surface area contributed by atoms with Gasteiger partial charge in [0.05, 0.1) is 19.2 Å². The van der Waals surface area contributed by atoms with Crippen LogP contribution >= 0.6 is 0 Å². The summed E-state index contributed by atoms with van der Waals surface area (Å²) in [7, 11) is 1.67. The van der Waals surface area contributed by atoms with Crippen LogP contribution in [0.2, 0.25) is 0 Å². The monoisotopic (exact) mass is 349 g/mol. The zero-order valence-electron chi connectivity index (χ0n) is 15.0. The van der Waals surface area contributed by atoms with E-state index in [1.807, 2.05) is 16.8 Å². The first-order valence-electron chi connectivity index (χ1n) is 8.89. The number of benzene rings is 2. The average Bonchev–Trinajstić information content (AvgIpc) is 3.07. The first-order chi connectivity index (χ1) is 12.7. The van der Waals surface area contributed by atoms with Gasteiger partial charge in [-0.05, 0) is 41.7 Å². The summed E-state index contributed by atoms with van der Waals surface area (Å²) in [6.07, 6.45) is 1.91. The molecule has 0 fully saturated rings. The molecular formula is C20H23N5O. The predicted octanol–water partition coefficient (Wildman–Crippen LogP) is 3.58. The molecule has 0 amide bonds. The minimum absolute atomic E-state index is 0.0674. The molecule has 6 heteroatoms. The Morgan fingerprint density at radius 3 is 2.46 bits per heavy atom. The van der Waals surface area contributed by atoms with E-state index in [-0.39, 0.29) is 18.0 Å². The molecule has 1 aliphatic rings. The Bertz CT molecular complexity index is 886. The van der Waals surface area contributed by atoms with Gasteiger partial charge in [-0.2, -0.15) is 4.98 Å². The van der Waals surface area contributed by atoms with Gasteiger partial charge in [-0.3, -0.25) is 0 Å². The van der Waals surface area contributed by atoms with Gasteiger partial charge in [0.15, 0.2) is 0 Å². The molecule has 0 unspecified atom stereocenters. The number of anilines is 2. The summed E-state index contributed by atoms with van der Waals surface area (Å²) in [5.74, 6) is 1.83. The molecule has 134 valence electrons. The summed E-state index contributed by atoms with van der Waals surface area (Å²) in [6, 6.07) is 17.1. The number of nitrogens with one attached hydrogen (secondary N) is 1. The maximum Gasteiger partial charge on any atom is 0.241 e. The first kappa shape index (κ1) is 16.4. The van der Waals surface area contributed by atoms with Crippen LogP contribution in [0.4, 0.5) is 11.9 Å². The fourth-order valence-electron chi connectivity index (χ4n) is 3.50. The lowest BCUT2D eigenvalue weighted by Gasteiger charge is -2.31. The molecule has 0 bridgehead atoms. The lowest BCUT2D eigenvalue weighted by atomic mass is 9.93. The van der Waals surface area contributed by atoms with Crippen molar-refractivity contribution in [2.75, 3.05) is 18.2 Å². The minimum Gasteiger partial charge on any atom is -0.497 e. The number of ether oxygens (including phenoxy) is 1. The first-order valence-corrected chi connectivity index (χ1v) is 8.89. The van der Waals surface area contributed by atoms with Crippen LogP contribution in [0.25, 0.3) is 0 Å². The largest absolute Gasteiger partial charge is 0.497 e. The molecule has 0 saturated carbocycles. The fourth-order valence-corrected chi connectivity index (χ4v) is 3.50. The summed E-state index contributed by atoms with van der Waals surface area (Å²) in [4.78, 5) is 4.36. The molecule has 3 N–H and O–H groups in total. The quantitative estimate of drug-likeness (QED) is 0.753. The third kappa shape index (κ3) is 2.98. The Kier molecular flexibility index (Phi) is 4.24. The summed E-state index contributed by atoms with van der Waals surface area (Å²) < 4.78 is 7.16. The van der Waals surface area contributed by atoms with E-state index in [1.54, 1.807) is 7.11 Å². The molecule has 0 radical (unpaired) electrons. The second-order valence-electron chi connectivity index (χ2n) is 6.55. The normalized spacial score (nSPS) is 18.8. The summed E-state index contributed by atoms with van der Waals surface area (Å²) in [5.41, 5.74) is 9.60. The molecule has 0 aliphatic carbocycles. The Balaban J connectivity index is 1.69. The van der Waals surface area contributed by atoms with Gasteiger partial charge < -0.3 is 15.8 Å².